The van der Waals surface area contributed by atoms with E-state index in [1.54, 1.807) is 35.2 Å². The molecular weight excluding hydrogens is 543 g/mol. The molecule has 0 unspecified atom stereocenters. The van der Waals surface area contributed by atoms with Crippen molar-refractivity contribution in [2.24, 2.45) is 11.8 Å². The van der Waals surface area contributed by atoms with Gasteiger partial charge in [0.15, 0.2) is 9.84 Å². The Morgan fingerprint density at radius 3 is 2.48 bits per heavy atom. The van der Waals surface area contributed by atoms with Gasteiger partial charge in [0.1, 0.15) is 6.04 Å². The van der Waals surface area contributed by atoms with Gasteiger partial charge in [0, 0.05) is 18.0 Å². The van der Waals surface area contributed by atoms with Gasteiger partial charge in [-0.25, -0.2) is 8.42 Å². The van der Waals surface area contributed by atoms with Crippen LogP contribution >= 0.6 is 0 Å². The van der Waals surface area contributed by atoms with E-state index < -0.39 is 39.2 Å². The van der Waals surface area contributed by atoms with Gasteiger partial charge in [0.25, 0.3) is 5.91 Å². The Balaban J connectivity index is 1.59. The summed E-state index contributed by atoms with van der Waals surface area (Å²) in [5.41, 5.74) is -2.05. The lowest BCUT2D eigenvalue weighted by atomic mass is 9.78. The highest BCUT2D eigenvalue weighted by atomic mass is 32.2. The predicted molar refractivity (Wildman–Crippen MR) is 145 cm³/mol. The van der Waals surface area contributed by atoms with Crippen LogP contribution in [-0.2, 0) is 20.8 Å². The van der Waals surface area contributed by atoms with Gasteiger partial charge in [-0.05, 0) is 68.5 Å². The minimum absolute atomic E-state index is 0.132. The Hall–Kier alpha value is -2.92. The summed E-state index contributed by atoms with van der Waals surface area (Å²) in [6.45, 7) is 4.92. The third-order valence-corrected chi connectivity index (χ3v) is 9.65. The second-order valence-electron chi connectivity index (χ2n) is 11.1. The largest absolute Gasteiger partial charge is 0.416 e. The second-order valence-corrected chi connectivity index (χ2v) is 13.2. The molecular formula is C29H36F3N3O4S. The Morgan fingerprint density at radius 2 is 1.80 bits per heavy atom. The first-order chi connectivity index (χ1) is 18.8. The average molecular weight is 580 g/mol. The van der Waals surface area contributed by atoms with E-state index in [1.165, 1.54) is 6.07 Å². The summed E-state index contributed by atoms with van der Waals surface area (Å²) in [6, 6.07) is 11.4. The molecule has 11 heteroatoms. The van der Waals surface area contributed by atoms with Crippen LogP contribution < -0.4 is 10.6 Å². The maximum atomic E-state index is 13.8. The van der Waals surface area contributed by atoms with E-state index in [2.05, 4.69) is 10.6 Å². The van der Waals surface area contributed by atoms with E-state index in [-0.39, 0.29) is 40.4 Å². The number of nitrogens with zero attached hydrogens (tertiary/aromatic N) is 1. The lowest BCUT2D eigenvalue weighted by molar-refractivity contribution is -0.141. The molecule has 0 aromatic heterocycles. The zero-order chi connectivity index (χ0) is 29.1. The maximum absolute atomic E-state index is 13.8. The molecule has 40 heavy (non-hydrogen) atoms. The molecule has 2 aromatic rings. The van der Waals surface area contributed by atoms with Crippen LogP contribution in [-0.4, -0.2) is 55.7 Å². The summed E-state index contributed by atoms with van der Waals surface area (Å²) in [7, 11) is -3.64. The molecule has 1 saturated carbocycles. The van der Waals surface area contributed by atoms with Crippen LogP contribution in [0.15, 0.2) is 59.5 Å². The molecule has 3 atom stereocenters. The lowest BCUT2D eigenvalue weighted by Crippen LogP contribution is -2.67. The van der Waals surface area contributed by atoms with E-state index in [0.717, 1.165) is 31.0 Å². The van der Waals surface area contributed by atoms with Gasteiger partial charge in [0.2, 0.25) is 5.91 Å². The van der Waals surface area contributed by atoms with Crippen LogP contribution in [0.2, 0.25) is 0 Å². The number of carbonyl (C=O) groups is 2. The predicted octanol–water partition coefficient (Wildman–Crippen LogP) is 4.64. The number of hydrogen-bond donors (Lipinski definition) is 2. The topological polar surface area (TPSA) is 95.6 Å². The number of halogens is 3. The standard InChI is InChI=1S/C29H36F3N3O4S/c1-20(2)18-33-28(15-7-6-10-23(28)19-40(38,39)24-12-4-3-5-13-24)35-16-14-25(27(35)37)34-26(36)21-9-8-11-22(17-21)29(30,31)32/h3-5,8-9,11-13,17,20,23,25,33H,6-7,10,14-16,18-19H2,1-2H3,(H,34,36)/t23-,25-,28-/m0/s1. The molecule has 2 amide bonds. The molecule has 2 N–H and O–H groups in total. The fraction of sp³-hybridized carbons (Fsp3) is 0.517. The molecule has 1 heterocycles. The Kier molecular flexibility index (Phi) is 8.94. The smallest absolute Gasteiger partial charge is 0.340 e. The van der Waals surface area contributed by atoms with Crippen molar-refractivity contribution in [1.29, 1.82) is 0 Å². The minimum atomic E-state index is -4.60. The molecule has 2 aromatic carbocycles. The normalized spacial score (nSPS) is 23.9. The summed E-state index contributed by atoms with van der Waals surface area (Å²) in [5, 5.41) is 6.18. The molecule has 1 saturated heterocycles. The number of carbonyl (C=O) groups excluding carboxylic acids is 2. The summed E-state index contributed by atoms with van der Waals surface area (Å²) < 4.78 is 66.3. The van der Waals surface area contributed by atoms with Crippen molar-refractivity contribution in [2.45, 2.75) is 68.7 Å². The number of amides is 2. The van der Waals surface area contributed by atoms with Crippen LogP contribution in [0.5, 0.6) is 0 Å². The fourth-order valence-corrected chi connectivity index (χ4v) is 7.53. The molecule has 0 radical (unpaired) electrons. The SMILES string of the molecule is CC(C)CN[C@]1(N2CC[C@H](NC(=O)c3cccc(C(F)(F)F)c3)C2=O)CCCC[C@H]1CS(=O)(=O)c1ccccc1. The number of hydrogen-bond acceptors (Lipinski definition) is 5. The van der Waals surface area contributed by atoms with Crippen LogP contribution in [0.1, 0.15) is 61.9 Å². The van der Waals surface area contributed by atoms with Crippen LogP contribution in [0.25, 0.3) is 0 Å². The van der Waals surface area contributed by atoms with E-state index in [9.17, 15) is 31.2 Å². The summed E-state index contributed by atoms with van der Waals surface area (Å²) in [4.78, 5) is 28.5. The highest BCUT2D eigenvalue weighted by Crippen LogP contribution is 2.41. The third kappa shape index (κ3) is 6.52. The van der Waals surface area contributed by atoms with Gasteiger partial charge in [-0.2, -0.15) is 13.2 Å². The zero-order valence-corrected chi connectivity index (χ0v) is 23.5. The van der Waals surface area contributed by atoms with Gasteiger partial charge >= 0.3 is 6.18 Å². The van der Waals surface area contributed by atoms with Crippen LogP contribution in [0.3, 0.4) is 0 Å². The highest BCUT2D eigenvalue weighted by molar-refractivity contribution is 7.91. The molecule has 4 rings (SSSR count). The van der Waals surface area contributed by atoms with Gasteiger partial charge in [-0.1, -0.05) is 44.5 Å². The molecule has 1 aliphatic heterocycles. The Labute approximate surface area is 233 Å². The fourth-order valence-electron chi connectivity index (χ4n) is 5.79. The zero-order valence-electron chi connectivity index (χ0n) is 22.7. The molecule has 2 fully saturated rings. The maximum Gasteiger partial charge on any atom is 0.416 e. The first kappa shape index (κ1) is 30.0. The number of nitrogens with one attached hydrogen (secondary N) is 2. The second kappa shape index (κ2) is 11.9. The van der Waals surface area contributed by atoms with E-state index in [0.29, 0.717) is 25.9 Å². The monoisotopic (exact) mass is 579 g/mol. The number of alkyl halides is 3. The van der Waals surface area contributed by atoms with E-state index >= 15 is 0 Å². The van der Waals surface area contributed by atoms with Crippen molar-refractivity contribution in [3.63, 3.8) is 0 Å². The van der Waals surface area contributed by atoms with Gasteiger partial charge in [0.05, 0.1) is 21.9 Å². The Morgan fingerprint density at radius 1 is 1.07 bits per heavy atom. The van der Waals surface area contributed by atoms with E-state index in [4.69, 9.17) is 0 Å². The molecule has 7 nitrogen and oxygen atoms in total. The Bertz CT molecular complexity index is 1320. The van der Waals surface area contributed by atoms with E-state index in [1.807, 2.05) is 13.8 Å². The first-order valence-electron chi connectivity index (χ1n) is 13.7. The molecule has 1 aliphatic carbocycles. The molecule has 218 valence electrons. The van der Waals surface area contributed by atoms with Gasteiger partial charge in [-0.15, -0.1) is 0 Å². The third-order valence-electron chi connectivity index (χ3n) is 7.82. The minimum Gasteiger partial charge on any atom is -0.340 e. The van der Waals surface area contributed by atoms with Crippen molar-refractivity contribution >= 4 is 21.7 Å². The summed E-state index contributed by atoms with van der Waals surface area (Å²) in [6.07, 6.45) is -1.51. The van der Waals surface area contributed by atoms with Crippen LogP contribution in [0.4, 0.5) is 13.2 Å². The highest BCUT2D eigenvalue weighted by Gasteiger charge is 2.52. The molecule has 0 spiro atoms. The number of benzene rings is 2. The van der Waals surface area contributed by atoms with Crippen LogP contribution in [0, 0.1) is 11.8 Å². The number of sulfone groups is 1. The number of rotatable bonds is 9. The summed E-state index contributed by atoms with van der Waals surface area (Å²) in [5.74, 6) is -1.40. The van der Waals surface area contributed by atoms with Gasteiger partial charge < -0.3 is 10.2 Å². The number of likely N-dealkylation sites (tertiary alicyclic amines) is 1. The van der Waals surface area contributed by atoms with Crippen molar-refractivity contribution < 1.29 is 31.2 Å². The molecule has 0 bridgehead atoms. The lowest BCUT2D eigenvalue weighted by Gasteiger charge is -2.51. The van der Waals surface area contributed by atoms with Crippen molar-refractivity contribution in [1.82, 2.24) is 15.5 Å². The quantitative estimate of drug-likeness (QED) is 0.451. The van der Waals surface area contributed by atoms with Crippen molar-refractivity contribution in [3.05, 3.63) is 65.7 Å². The average Bonchev–Trinajstić information content (AvgIpc) is 3.28. The first-order valence-corrected chi connectivity index (χ1v) is 15.3. The molecule has 2 aliphatic rings. The van der Waals surface area contributed by atoms with Gasteiger partial charge in [-0.3, -0.25) is 14.9 Å². The van der Waals surface area contributed by atoms with Crippen molar-refractivity contribution in [2.75, 3.05) is 18.8 Å². The summed E-state index contributed by atoms with van der Waals surface area (Å²) >= 11 is 0. The van der Waals surface area contributed by atoms with Crippen molar-refractivity contribution in [3.8, 4) is 0 Å².